The molecule has 0 radical (unpaired) electrons. The molecule has 0 aliphatic carbocycles. The zero-order chi connectivity index (χ0) is 13.4. The molecule has 1 aromatic carbocycles. The smallest absolute Gasteiger partial charge is 0.124 e. The van der Waals surface area contributed by atoms with Gasteiger partial charge in [0.25, 0.3) is 0 Å². The molecule has 2 N–H and O–H groups in total. The van der Waals surface area contributed by atoms with Gasteiger partial charge in [-0.25, -0.2) is 0 Å². The molecule has 3 nitrogen and oxygen atoms in total. The monoisotopic (exact) mass is 287 g/mol. The minimum atomic E-state index is 0. The van der Waals surface area contributed by atoms with Gasteiger partial charge in [0, 0.05) is 18.2 Å². The molecule has 0 aliphatic rings. The predicted molar refractivity (Wildman–Crippen MR) is 82.2 cm³/mol. The van der Waals surface area contributed by atoms with Crippen LogP contribution in [0.1, 0.15) is 38.3 Å². The Balaban J connectivity index is 0.00000324. The molecule has 0 heterocycles. The summed E-state index contributed by atoms with van der Waals surface area (Å²) >= 11 is 0. The largest absolute Gasteiger partial charge is 0.494 e. The molecule has 0 saturated heterocycles. The van der Waals surface area contributed by atoms with E-state index in [4.69, 9.17) is 15.2 Å². The third-order valence-electron chi connectivity index (χ3n) is 2.91. The van der Waals surface area contributed by atoms with E-state index in [1.54, 1.807) is 0 Å². The van der Waals surface area contributed by atoms with Crippen molar-refractivity contribution in [2.75, 3.05) is 13.2 Å². The molecule has 0 spiro atoms. The Morgan fingerprint density at radius 1 is 1.16 bits per heavy atom. The molecule has 0 fully saturated rings. The second-order valence-electron chi connectivity index (χ2n) is 4.38. The van der Waals surface area contributed by atoms with Gasteiger partial charge < -0.3 is 15.2 Å². The van der Waals surface area contributed by atoms with E-state index in [-0.39, 0.29) is 18.4 Å². The summed E-state index contributed by atoms with van der Waals surface area (Å²) in [5, 5.41) is 0. The van der Waals surface area contributed by atoms with Gasteiger partial charge in [-0.05, 0) is 44.4 Å². The topological polar surface area (TPSA) is 44.5 Å². The van der Waals surface area contributed by atoms with Crippen LogP contribution in [0.2, 0.25) is 0 Å². The number of halogens is 1. The summed E-state index contributed by atoms with van der Waals surface area (Å²) in [6.07, 6.45) is 1.90. The standard InChI is InChI=1S/C15H25NO2.ClH/c1-4-14(16)10-12-7-8-15(18-6-3)13(9-12)11-17-5-2;/h7-9,14H,4-6,10-11,16H2,1-3H3;1H. The first-order chi connectivity index (χ1) is 8.71. The Morgan fingerprint density at radius 2 is 1.89 bits per heavy atom. The predicted octanol–water partition coefficient (Wildman–Crippen LogP) is 3.32. The van der Waals surface area contributed by atoms with Crippen LogP contribution >= 0.6 is 12.4 Å². The summed E-state index contributed by atoms with van der Waals surface area (Å²) < 4.78 is 11.1. The van der Waals surface area contributed by atoms with E-state index in [1.807, 2.05) is 19.9 Å². The van der Waals surface area contributed by atoms with Crippen molar-refractivity contribution < 1.29 is 9.47 Å². The second kappa shape index (κ2) is 10.1. The molecule has 4 heteroatoms. The Kier molecular flexibility index (Phi) is 9.66. The zero-order valence-electron chi connectivity index (χ0n) is 12.1. The van der Waals surface area contributed by atoms with Gasteiger partial charge >= 0.3 is 0 Å². The number of benzene rings is 1. The molecule has 1 unspecified atom stereocenters. The minimum absolute atomic E-state index is 0. The molecule has 0 aromatic heterocycles. The number of rotatable bonds is 8. The summed E-state index contributed by atoms with van der Waals surface area (Å²) in [4.78, 5) is 0. The molecule has 0 amide bonds. The van der Waals surface area contributed by atoms with Crippen molar-refractivity contribution in [3.05, 3.63) is 29.3 Å². The molecule has 0 bridgehead atoms. The first-order valence-corrected chi connectivity index (χ1v) is 6.79. The summed E-state index contributed by atoms with van der Waals surface area (Å²) in [5.41, 5.74) is 8.35. The van der Waals surface area contributed by atoms with E-state index in [9.17, 15) is 0 Å². The Morgan fingerprint density at radius 3 is 2.47 bits per heavy atom. The molecule has 1 rings (SSSR count). The highest BCUT2D eigenvalue weighted by molar-refractivity contribution is 5.85. The molecule has 0 aliphatic heterocycles. The lowest BCUT2D eigenvalue weighted by Crippen LogP contribution is -2.21. The second-order valence-corrected chi connectivity index (χ2v) is 4.38. The van der Waals surface area contributed by atoms with Gasteiger partial charge in [0.1, 0.15) is 5.75 Å². The molecule has 1 atom stereocenters. The van der Waals surface area contributed by atoms with Gasteiger partial charge in [-0.15, -0.1) is 12.4 Å². The van der Waals surface area contributed by atoms with Crippen LogP contribution in [0, 0.1) is 0 Å². The van der Waals surface area contributed by atoms with Crippen molar-refractivity contribution >= 4 is 12.4 Å². The lowest BCUT2D eigenvalue weighted by Gasteiger charge is -2.14. The molecular weight excluding hydrogens is 262 g/mol. The summed E-state index contributed by atoms with van der Waals surface area (Å²) in [7, 11) is 0. The highest BCUT2D eigenvalue weighted by atomic mass is 35.5. The zero-order valence-corrected chi connectivity index (χ0v) is 13.0. The van der Waals surface area contributed by atoms with Crippen LogP contribution in [-0.4, -0.2) is 19.3 Å². The highest BCUT2D eigenvalue weighted by Gasteiger charge is 2.07. The first kappa shape index (κ1) is 18.2. The maximum absolute atomic E-state index is 5.99. The molecular formula is C15H26ClNO2. The van der Waals surface area contributed by atoms with Gasteiger partial charge in [0.2, 0.25) is 0 Å². The van der Waals surface area contributed by atoms with Crippen LogP contribution in [0.4, 0.5) is 0 Å². The van der Waals surface area contributed by atoms with Crippen LogP contribution < -0.4 is 10.5 Å². The number of hydrogen-bond acceptors (Lipinski definition) is 3. The van der Waals surface area contributed by atoms with E-state index >= 15 is 0 Å². The van der Waals surface area contributed by atoms with Gasteiger partial charge in [-0.2, -0.15) is 0 Å². The number of nitrogens with two attached hydrogens (primary N) is 1. The highest BCUT2D eigenvalue weighted by Crippen LogP contribution is 2.22. The molecule has 19 heavy (non-hydrogen) atoms. The summed E-state index contributed by atoms with van der Waals surface area (Å²) in [5.74, 6) is 0.916. The van der Waals surface area contributed by atoms with E-state index < -0.39 is 0 Å². The average molecular weight is 288 g/mol. The van der Waals surface area contributed by atoms with Gasteiger partial charge in [0.15, 0.2) is 0 Å². The van der Waals surface area contributed by atoms with Crippen molar-refractivity contribution in [2.24, 2.45) is 5.73 Å². The van der Waals surface area contributed by atoms with Crippen LogP contribution in [0.15, 0.2) is 18.2 Å². The van der Waals surface area contributed by atoms with Crippen molar-refractivity contribution in [3.8, 4) is 5.75 Å². The maximum Gasteiger partial charge on any atom is 0.124 e. The maximum atomic E-state index is 5.99. The van der Waals surface area contributed by atoms with Crippen LogP contribution in [0.25, 0.3) is 0 Å². The quantitative estimate of drug-likeness (QED) is 0.798. The summed E-state index contributed by atoms with van der Waals surface area (Å²) in [6.45, 7) is 8.08. The van der Waals surface area contributed by atoms with Gasteiger partial charge in [0.05, 0.1) is 13.2 Å². The lowest BCUT2D eigenvalue weighted by atomic mass is 10.0. The third kappa shape index (κ3) is 6.28. The Hall–Kier alpha value is -0.770. The van der Waals surface area contributed by atoms with Crippen molar-refractivity contribution in [3.63, 3.8) is 0 Å². The van der Waals surface area contributed by atoms with E-state index in [0.29, 0.717) is 19.8 Å². The van der Waals surface area contributed by atoms with Gasteiger partial charge in [-0.3, -0.25) is 0 Å². The van der Waals surface area contributed by atoms with E-state index in [0.717, 1.165) is 24.2 Å². The van der Waals surface area contributed by atoms with Crippen molar-refractivity contribution in [2.45, 2.75) is 46.3 Å². The fourth-order valence-corrected chi connectivity index (χ4v) is 1.83. The lowest BCUT2D eigenvalue weighted by molar-refractivity contribution is 0.131. The summed E-state index contributed by atoms with van der Waals surface area (Å²) in [6, 6.07) is 6.49. The minimum Gasteiger partial charge on any atom is -0.494 e. The normalized spacial score (nSPS) is 11.8. The van der Waals surface area contributed by atoms with Crippen molar-refractivity contribution in [1.29, 1.82) is 0 Å². The van der Waals surface area contributed by atoms with E-state index in [2.05, 4.69) is 19.1 Å². The van der Waals surface area contributed by atoms with Crippen molar-refractivity contribution in [1.82, 2.24) is 0 Å². The van der Waals surface area contributed by atoms with Gasteiger partial charge in [-0.1, -0.05) is 13.0 Å². The van der Waals surface area contributed by atoms with Crippen LogP contribution in [0.5, 0.6) is 5.75 Å². The average Bonchev–Trinajstić information content (AvgIpc) is 2.38. The molecule has 1 aromatic rings. The SMILES string of the molecule is CCOCc1cc(CC(N)CC)ccc1OCC.Cl. The number of ether oxygens (including phenoxy) is 2. The van der Waals surface area contributed by atoms with E-state index in [1.165, 1.54) is 5.56 Å². The molecule has 0 saturated carbocycles. The Bertz CT molecular complexity index is 358. The fourth-order valence-electron chi connectivity index (χ4n) is 1.83. The fraction of sp³-hybridized carbons (Fsp3) is 0.600. The third-order valence-corrected chi connectivity index (χ3v) is 2.91. The van der Waals surface area contributed by atoms with Crippen LogP contribution in [-0.2, 0) is 17.8 Å². The first-order valence-electron chi connectivity index (χ1n) is 6.79. The molecule has 110 valence electrons. The number of hydrogen-bond donors (Lipinski definition) is 1. The Labute approximate surface area is 122 Å². The van der Waals surface area contributed by atoms with Crippen LogP contribution in [0.3, 0.4) is 0 Å².